The molecule has 0 atom stereocenters. The van der Waals surface area contributed by atoms with Crippen LogP contribution in [-0.4, -0.2) is 10.5 Å². The minimum Gasteiger partial charge on any atom is -0.363 e. The lowest BCUT2D eigenvalue weighted by molar-refractivity contribution is 0.591. The number of rotatable bonds is 3. The van der Waals surface area contributed by atoms with Crippen molar-refractivity contribution in [3.8, 4) is 22.3 Å². The van der Waals surface area contributed by atoms with Gasteiger partial charge in [0.25, 0.3) is 0 Å². The zero-order valence-corrected chi connectivity index (χ0v) is 14.5. The molecule has 0 fully saturated rings. The summed E-state index contributed by atoms with van der Waals surface area (Å²) in [7, 11) is 0. The highest BCUT2D eigenvalue weighted by Crippen LogP contribution is 2.31. The van der Waals surface area contributed by atoms with Crippen molar-refractivity contribution in [2.75, 3.05) is 5.32 Å². The summed E-state index contributed by atoms with van der Waals surface area (Å²) in [5.74, 6) is -0.723. The molecule has 128 valence electrons. The molecule has 0 amide bonds. The largest absolute Gasteiger partial charge is 0.363 e. The molecule has 0 saturated heterocycles. The van der Waals surface area contributed by atoms with Gasteiger partial charge in [-0.2, -0.15) is 0 Å². The van der Waals surface area contributed by atoms with Gasteiger partial charge in [0, 0.05) is 28.4 Å². The van der Waals surface area contributed by atoms with Gasteiger partial charge in [-0.25, -0.2) is 13.8 Å². The van der Waals surface area contributed by atoms with Gasteiger partial charge in [0.05, 0.1) is 0 Å². The Hall–Kier alpha value is -2.75. The van der Waals surface area contributed by atoms with Gasteiger partial charge in [0.2, 0.25) is 0 Å². The summed E-state index contributed by atoms with van der Waals surface area (Å²) in [6.45, 7) is 5.76. The zero-order valence-electron chi connectivity index (χ0n) is 14.5. The lowest BCUT2D eigenvalue weighted by Crippen LogP contribution is -2.27. The van der Waals surface area contributed by atoms with Crippen LogP contribution in [0.4, 0.5) is 14.6 Å². The fourth-order valence-corrected chi connectivity index (χ4v) is 2.63. The van der Waals surface area contributed by atoms with E-state index in [9.17, 15) is 8.78 Å². The summed E-state index contributed by atoms with van der Waals surface area (Å²) in [6, 6.07) is 15.7. The highest BCUT2D eigenvalue weighted by molar-refractivity contribution is 5.74. The minimum atomic E-state index is -0.503. The molecule has 2 nitrogen and oxygen atoms in total. The number of hydrogen-bond acceptors (Lipinski definition) is 2. The quantitative estimate of drug-likeness (QED) is 0.643. The molecular formula is C21H20F2N2. The van der Waals surface area contributed by atoms with E-state index in [4.69, 9.17) is 0 Å². The molecule has 0 saturated carbocycles. The summed E-state index contributed by atoms with van der Waals surface area (Å²) >= 11 is 0. The van der Waals surface area contributed by atoms with Gasteiger partial charge in [-0.05, 0) is 32.4 Å². The first kappa shape index (κ1) is 17.1. The summed E-state index contributed by atoms with van der Waals surface area (Å²) in [6.07, 6.45) is 1.49. The van der Waals surface area contributed by atoms with Crippen LogP contribution in [-0.2, 0) is 0 Å². The smallest absolute Gasteiger partial charge is 0.166 e. The molecule has 0 unspecified atom stereocenters. The van der Waals surface area contributed by atoms with Crippen molar-refractivity contribution in [1.29, 1.82) is 0 Å². The fraction of sp³-hybridized carbons (Fsp3) is 0.190. The van der Waals surface area contributed by atoms with Crippen LogP contribution >= 0.6 is 0 Å². The number of pyridine rings is 1. The van der Waals surface area contributed by atoms with Crippen LogP contribution in [0.3, 0.4) is 0 Å². The average Bonchev–Trinajstić information content (AvgIpc) is 2.57. The highest BCUT2D eigenvalue weighted by Gasteiger charge is 2.16. The van der Waals surface area contributed by atoms with Crippen molar-refractivity contribution in [3.05, 3.63) is 72.4 Å². The van der Waals surface area contributed by atoms with Crippen LogP contribution in [0.1, 0.15) is 20.8 Å². The van der Waals surface area contributed by atoms with E-state index >= 15 is 0 Å². The third kappa shape index (κ3) is 3.85. The molecule has 0 spiro atoms. The van der Waals surface area contributed by atoms with E-state index in [0.717, 1.165) is 5.56 Å². The summed E-state index contributed by atoms with van der Waals surface area (Å²) in [4.78, 5) is 4.13. The van der Waals surface area contributed by atoms with Crippen LogP contribution in [0.5, 0.6) is 0 Å². The van der Waals surface area contributed by atoms with Gasteiger partial charge in [0.1, 0.15) is 5.82 Å². The normalized spacial score (nSPS) is 11.4. The summed E-state index contributed by atoms with van der Waals surface area (Å²) < 4.78 is 29.4. The van der Waals surface area contributed by atoms with Crippen LogP contribution < -0.4 is 5.32 Å². The van der Waals surface area contributed by atoms with E-state index in [1.165, 1.54) is 12.3 Å². The summed E-state index contributed by atoms with van der Waals surface area (Å²) in [5.41, 5.74) is 1.69. The molecule has 3 aromatic rings. The highest BCUT2D eigenvalue weighted by atomic mass is 19.1. The average molecular weight is 338 g/mol. The van der Waals surface area contributed by atoms with Gasteiger partial charge in [-0.3, -0.25) is 0 Å². The lowest BCUT2D eigenvalue weighted by atomic mass is 9.99. The van der Waals surface area contributed by atoms with Crippen molar-refractivity contribution in [2.24, 2.45) is 0 Å². The topological polar surface area (TPSA) is 24.9 Å². The van der Waals surface area contributed by atoms with E-state index in [2.05, 4.69) is 10.3 Å². The molecule has 25 heavy (non-hydrogen) atoms. The van der Waals surface area contributed by atoms with Gasteiger partial charge in [-0.1, -0.05) is 48.5 Å². The van der Waals surface area contributed by atoms with E-state index in [0.29, 0.717) is 16.7 Å². The number of hydrogen-bond donors (Lipinski definition) is 1. The van der Waals surface area contributed by atoms with Gasteiger partial charge in [0.15, 0.2) is 11.6 Å². The third-order valence-corrected chi connectivity index (χ3v) is 3.73. The Balaban J connectivity index is 2.02. The molecule has 0 aliphatic rings. The predicted molar refractivity (Wildman–Crippen MR) is 98.4 cm³/mol. The standard InChI is InChI=1S/C21H20F2N2/c1-21(2,3)25-20-18(22)12-15(13-24-20)17-11-7-10-16(19(17)23)14-8-5-4-6-9-14/h4-13H,1-3H3,(H,24,25). The van der Waals surface area contributed by atoms with Crippen molar-refractivity contribution in [3.63, 3.8) is 0 Å². The van der Waals surface area contributed by atoms with Crippen LogP contribution in [0.15, 0.2) is 60.8 Å². The minimum absolute atomic E-state index is 0.163. The van der Waals surface area contributed by atoms with Crippen molar-refractivity contribution in [1.82, 2.24) is 4.98 Å². The molecule has 0 aliphatic carbocycles. The molecule has 1 aromatic heterocycles. The Morgan fingerprint density at radius 3 is 2.08 bits per heavy atom. The Bertz CT molecular complexity index is 884. The molecule has 2 aromatic carbocycles. The molecule has 3 rings (SSSR count). The second-order valence-electron chi connectivity index (χ2n) is 6.96. The molecule has 4 heteroatoms. The van der Waals surface area contributed by atoms with Crippen LogP contribution in [0.25, 0.3) is 22.3 Å². The number of anilines is 1. The monoisotopic (exact) mass is 338 g/mol. The van der Waals surface area contributed by atoms with E-state index in [1.807, 2.05) is 51.1 Å². The first-order valence-electron chi connectivity index (χ1n) is 8.13. The number of nitrogens with one attached hydrogen (secondary N) is 1. The van der Waals surface area contributed by atoms with Gasteiger partial charge >= 0.3 is 0 Å². The van der Waals surface area contributed by atoms with Gasteiger partial charge < -0.3 is 5.32 Å². The Labute approximate surface area is 146 Å². The van der Waals surface area contributed by atoms with Crippen molar-refractivity contribution >= 4 is 5.82 Å². The second-order valence-corrected chi connectivity index (χ2v) is 6.96. The number of halogens is 2. The first-order valence-corrected chi connectivity index (χ1v) is 8.13. The van der Waals surface area contributed by atoms with Crippen LogP contribution in [0, 0.1) is 11.6 Å². The maximum absolute atomic E-state index is 15.0. The molecule has 1 N–H and O–H groups in total. The molecule has 1 heterocycles. The molecular weight excluding hydrogens is 318 g/mol. The third-order valence-electron chi connectivity index (χ3n) is 3.73. The first-order chi connectivity index (χ1) is 11.8. The SMILES string of the molecule is CC(C)(C)Nc1ncc(-c2cccc(-c3ccccc3)c2F)cc1F. The summed E-state index contributed by atoms with van der Waals surface area (Å²) in [5, 5.41) is 3.00. The maximum Gasteiger partial charge on any atom is 0.166 e. The molecule has 0 radical (unpaired) electrons. The zero-order chi connectivity index (χ0) is 18.0. The van der Waals surface area contributed by atoms with E-state index in [-0.39, 0.29) is 17.2 Å². The Kier molecular flexibility index (Phi) is 4.53. The van der Waals surface area contributed by atoms with Crippen molar-refractivity contribution in [2.45, 2.75) is 26.3 Å². The maximum atomic E-state index is 15.0. The van der Waals surface area contributed by atoms with Crippen molar-refractivity contribution < 1.29 is 8.78 Å². The number of benzene rings is 2. The number of nitrogens with zero attached hydrogens (tertiary/aromatic N) is 1. The fourth-order valence-electron chi connectivity index (χ4n) is 2.63. The number of aromatic nitrogens is 1. The molecule has 0 aliphatic heterocycles. The Morgan fingerprint density at radius 2 is 1.48 bits per heavy atom. The Morgan fingerprint density at radius 1 is 0.840 bits per heavy atom. The lowest BCUT2D eigenvalue weighted by Gasteiger charge is -2.21. The van der Waals surface area contributed by atoms with Gasteiger partial charge in [-0.15, -0.1) is 0 Å². The second kappa shape index (κ2) is 6.63. The van der Waals surface area contributed by atoms with E-state index in [1.54, 1.807) is 18.2 Å². The predicted octanol–water partition coefficient (Wildman–Crippen LogP) is 5.90. The molecule has 0 bridgehead atoms. The van der Waals surface area contributed by atoms with Crippen LogP contribution in [0.2, 0.25) is 0 Å². The van der Waals surface area contributed by atoms with E-state index < -0.39 is 5.82 Å².